The van der Waals surface area contributed by atoms with E-state index in [0.29, 0.717) is 35.1 Å². The predicted molar refractivity (Wildman–Crippen MR) is 83.6 cm³/mol. The number of hydrogen-bond acceptors (Lipinski definition) is 4. The van der Waals surface area contributed by atoms with E-state index in [1.807, 2.05) is 24.3 Å². The number of ether oxygens (including phenoxy) is 1. The summed E-state index contributed by atoms with van der Waals surface area (Å²) in [5, 5.41) is 0.681. The number of nitrogens with zero attached hydrogens (tertiary/aromatic N) is 1. The highest BCUT2D eigenvalue weighted by Crippen LogP contribution is 2.20. The summed E-state index contributed by atoms with van der Waals surface area (Å²) in [6.45, 7) is 3.84. The largest absolute Gasteiger partial charge is 0.462 e. The van der Waals surface area contributed by atoms with Gasteiger partial charge in [0.1, 0.15) is 5.82 Å². The van der Waals surface area contributed by atoms with Crippen molar-refractivity contribution < 1.29 is 9.53 Å². The number of aromatic nitrogens is 1. The first-order chi connectivity index (χ1) is 10.0. The lowest BCUT2D eigenvalue weighted by Gasteiger charge is -2.10. The summed E-state index contributed by atoms with van der Waals surface area (Å²) in [6.07, 6.45) is 0.586. The number of pyridine rings is 1. The summed E-state index contributed by atoms with van der Waals surface area (Å²) in [6, 6.07) is 9.24. The van der Waals surface area contributed by atoms with Gasteiger partial charge in [-0.1, -0.05) is 23.7 Å². The van der Waals surface area contributed by atoms with Crippen molar-refractivity contribution >= 4 is 23.4 Å². The molecule has 21 heavy (non-hydrogen) atoms. The van der Waals surface area contributed by atoms with E-state index in [2.05, 4.69) is 4.98 Å². The Morgan fingerprint density at radius 1 is 1.33 bits per heavy atom. The second-order valence-corrected chi connectivity index (χ2v) is 5.13. The normalized spacial score (nSPS) is 10.4. The Labute approximate surface area is 128 Å². The fraction of sp³-hybridized carbons (Fsp3) is 0.250. The second kappa shape index (κ2) is 6.59. The summed E-state index contributed by atoms with van der Waals surface area (Å²) in [5.41, 5.74) is 8.83. The monoisotopic (exact) mass is 304 g/mol. The van der Waals surface area contributed by atoms with Gasteiger partial charge in [0.2, 0.25) is 0 Å². The number of benzene rings is 1. The fourth-order valence-electron chi connectivity index (χ4n) is 2.04. The minimum atomic E-state index is -0.375. The van der Waals surface area contributed by atoms with Crippen LogP contribution in [0.5, 0.6) is 0 Å². The number of aryl methyl sites for hydroxylation is 1. The highest BCUT2D eigenvalue weighted by molar-refractivity contribution is 6.30. The molecule has 0 aliphatic heterocycles. The summed E-state index contributed by atoms with van der Waals surface area (Å²) in [5.74, 6) is 0.0513. The average molecular weight is 305 g/mol. The number of halogens is 1. The molecule has 0 saturated heterocycles. The average Bonchev–Trinajstić information content (AvgIpc) is 2.44. The van der Waals surface area contributed by atoms with Gasteiger partial charge >= 0.3 is 5.97 Å². The molecule has 0 fully saturated rings. The van der Waals surface area contributed by atoms with Crippen LogP contribution in [-0.2, 0) is 11.2 Å². The molecule has 0 unspecified atom stereocenters. The Balaban J connectivity index is 2.32. The van der Waals surface area contributed by atoms with Gasteiger partial charge in [-0.15, -0.1) is 0 Å². The molecule has 1 heterocycles. The highest BCUT2D eigenvalue weighted by atomic mass is 35.5. The molecule has 0 radical (unpaired) electrons. The molecular formula is C16H17ClN2O2. The van der Waals surface area contributed by atoms with Gasteiger partial charge in [-0.3, -0.25) is 0 Å². The maximum Gasteiger partial charge on any atom is 0.339 e. The van der Waals surface area contributed by atoms with Gasteiger partial charge in [-0.05, 0) is 43.2 Å². The Bertz CT molecular complexity index is 654. The maximum absolute atomic E-state index is 11.9. The van der Waals surface area contributed by atoms with Crippen molar-refractivity contribution in [2.45, 2.75) is 20.3 Å². The van der Waals surface area contributed by atoms with Gasteiger partial charge in [-0.2, -0.15) is 0 Å². The molecule has 2 aromatic rings. The molecule has 2 rings (SSSR count). The van der Waals surface area contributed by atoms with Gasteiger partial charge in [0.05, 0.1) is 17.9 Å². The molecule has 4 nitrogen and oxygen atoms in total. The summed E-state index contributed by atoms with van der Waals surface area (Å²) < 4.78 is 5.03. The van der Waals surface area contributed by atoms with Crippen molar-refractivity contribution in [3.63, 3.8) is 0 Å². The lowest BCUT2D eigenvalue weighted by atomic mass is 10.0. The van der Waals surface area contributed by atoms with Crippen molar-refractivity contribution in [1.82, 2.24) is 4.98 Å². The molecule has 0 aliphatic rings. The Hall–Kier alpha value is -2.07. The first kappa shape index (κ1) is 15.3. The molecule has 1 aromatic carbocycles. The zero-order valence-electron chi connectivity index (χ0n) is 12.0. The third kappa shape index (κ3) is 3.73. The number of esters is 1. The predicted octanol–water partition coefficient (Wildman–Crippen LogP) is 3.39. The molecule has 0 saturated carbocycles. The van der Waals surface area contributed by atoms with Crippen LogP contribution in [0.3, 0.4) is 0 Å². The van der Waals surface area contributed by atoms with E-state index < -0.39 is 0 Å². The number of nitrogen functional groups attached to an aromatic ring is 1. The zero-order valence-corrected chi connectivity index (χ0v) is 12.8. The molecule has 2 N–H and O–H groups in total. The number of nitrogens with two attached hydrogens (primary N) is 1. The molecule has 1 aromatic heterocycles. The van der Waals surface area contributed by atoms with E-state index in [4.69, 9.17) is 22.1 Å². The lowest BCUT2D eigenvalue weighted by molar-refractivity contribution is 0.0525. The minimum absolute atomic E-state index is 0.329. The molecule has 5 heteroatoms. The minimum Gasteiger partial charge on any atom is -0.462 e. The Morgan fingerprint density at radius 3 is 2.62 bits per heavy atom. The summed E-state index contributed by atoms with van der Waals surface area (Å²) >= 11 is 5.87. The van der Waals surface area contributed by atoms with Crippen molar-refractivity contribution in [2.24, 2.45) is 0 Å². The Morgan fingerprint density at radius 2 is 2.00 bits per heavy atom. The van der Waals surface area contributed by atoms with E-state index in [-0.39, 0.29) is 5.97 Å². The van der Waals surface area contributed by atoms with Crippen molar-refractivity contribution in [2.75, 3.05) is 12.3 Å². The van der Waals surface area contributed by atoms with Gasteiger partial charge in [-0.25, -0.2) is 9.78 Å². The van der Waals surface area contributed by atoms with E-state index in [1.165, 1.54) is 0 Å². The number of hydrogen-bond donors (Lipinski definition) is 1. The molecule has 110 valence electrons. The van der Waals surface area contributed by atoms with Crippen molar-refractivity contribution in [1.29, 1.82) is 0 Å². The van der Waals surface area contributed by atoms with Crippen molar-refractivity contribution in [3.8, 4) is 0 Å². The molecule has 0 amide bonds. The van der Waals surface area contributed by atoms with Crippen LogP contribution < -0.4 is 5.73 Å². The molecular weight excluding hydrogens is 288 g/mol. The molecule has 0 bridgehead atoms. The summed E-state index contributed by atoms with van der Waals surface area (Å²) in [4.78, 5) is 16.1. The van der Waals surface area contributed by atoms with Gasteiger partial charge in [0.15, 0.2) is 0 Å². The van der Waals surface area contributed by atoms with E-state index >= 15 is 0 Å². The molecule has 0 aliphatic carbocycles. The number of carbonyl (C=O) groups excluding carboxylic acids is 1. The summed E-state index contributed by atoms with van der Waals surface area (Å²) in [7, 11) is 0. The van der Waals surface area contributed by atoms with Crippen molar-refractivity contribution in [3.05, 3.63) is 57.7 Å². The quantitative estimate of drug-likeness (QED) is 0.879. The van der Waals surface area contributed by atoms with Crippen LogP contribution in [0.2, 0.25) is 5.02 Å². The standard InChI is InChI=1S/C16H17ClN2O2/c1-3-21-16(20)14-9-12(15(18)19-10(14)2)8-11-4-6-13(17)7-5-11/h4-7,9H,3,8H2,1-2H3,(H2,18,19). The smallest absolute Gasteiger partial charge is 0.339 e. The zero-order chi connectivity index (χ0) is 15.4. The Kier molecular flexibility index (Phi) is 4.81. The lowest BCUT2D eigenvalue weighted by Crippen LogP contribution is -2.11. The topological polar surface area (TPSA) is 65.2 Å². The van der Waals surface area contributed by atoms with E-state index in [0.717, 1.165) is 11.1 Å². The number of carbonyl (C=O) groups is 1. The fourth-order valence-corrected chi connectivity index (χ4v) is 2.17. The SMILES string of the molecule is CCOC(=O)c1cc(Cc2ccc(Cl)cc2)c(N)nc1C. The van der Waals surface area contributed by atoms with Gasteiger partial charge < -0.3 is 10.5 Å². The number of rotatable bonds is 4. The second-order valence-electron chi connectivity index (χ2n) is 4.69. The van der Waals surface area contributed by atoms with Crippen LogP contribution in [0.25, 0.3) is 0 Å². The molecule has 0 spiro atoms. The van der Waals surface area contributed by atoms with E-state index in [1.54, 1.807) is 19.9 Å². The molecule has 0 atom stereocenters. The van der Waals surface area contributed by atoms with Crippen LogP contribution in [0.4, 0.5) is 5.82 Å². The third-order valence-corrected chi connectivity index (χ3v) is 3.38. The third-order valence-electron chi connectivity index (χ3n) is 3.13. The van der Waals surface area contributed by atoms with Crippen LogP contribution in [-0.4, -0.2) is 17.6 Å². The first-order valence-corrected chi connectivity index (χ1v) is 7.06. The van der Waals surface area contributed by atoms with E-state index in [9.17, 15) is 4.79 Å². The number of anilines is 1. The van der Waals surface area contributed by atoms with Gasteiger partial charge in [0, 0.05) is 11.4 Å². The first-order valence-electron chi connectivity index (χ1n) is 6.68. The van der Waals surface area contributed by atoms with Crippen LogP contribution in [0.15, 0.2) is 30.3 Å². The maximum atomic E-state index is 11.9. The highest BCUT2D eigenvalue weighted by Gasteiger charge is 2.14. The van der Waals surface area contributed by atoms with Crippen LogP contribution in [0.1, 0.15) is 34.1 Å². The van der Waals surface area contributed by atoms with Gasteiger partial charge in [0.25, 0.3) is 0 Å². The van der Waals surface area contributed by atoms with Crippen LogP contribution >= 0.6 is 11.6 Å². The van der Waals surface area contributed by atoms with Crippen LogP contribution in [0, 0.1) is 6.92 Å².